The first kappa shape index (κ1) is 14.5. The maximum atomic E-state index is 12.0. The first-order chi connectivity index (χ1) is 9.49. The van der Waals surface area contributed by atoms with Crippen molar-refractivity contribution in [2.24, 2.45) is 5.92 Å². The van der Waals surface area contributed by atoms with Crippen LogP contribution in [0.15, 0.2) is 18.2 Å². The fraction of sp³-hybridized carbons (Fsp3) is 0.467. The van der Waals surface area contributed by atoms with Gasteiger partial charge in [0.05, 0.1) is 0 Å². The largest absolute Gasteiger partial charge is 0.396 e. The molecule has 1 fully saturated rings. The summed E-state index contributed by atoms with van der Waals surface area (Å²) in [7, 11) is 0. The third kappa shape index (κ3) is 3.36. The fourth-order valence-electron chi connectivity index (χ4n) is 2.54. The van der Waals surface area contributed by atoms with Crippen LogP contribution in [0.4, 0.5) is 5.69 Å². The second-order valence-electron chi connectivity index (χ2n) is 5.42. The van der Waals surface area contributed by atoms with E-state index in [1.54, 1.807) is 0 Å². The first-order valence-electron chi connectivity index (χ1n) is 6.79. The highest BCUT2D eigenvalue weighted by atomic mass is 16.3. The molecule has 5 heteroatoms. The van der Waals surface area contributed by atoms with E-state index in [4.69, 9.17) is 5.11 Å². The number of likely N-dealkylation sites (tertiary alicyclic amines) is 1. The van der Waals surface area contributed by atoms with Gasteiger partial charge in [0.1, 0.15) is 0 Å². The molecule has 0 radical (unpaired) electrons. The molecule has 108 valence electrons. The average molecular weight is 276 g/mol. The summed E-state index contributed by atoms with van der Waals surface area (Å²) in [6.07, 6.45) is 0.749. The van der Waals surface area contributed by atoms with Crippen LogP contribution in [-0.2, 0) is 9.59 Å². The maximum absolute atomic E-state index is 12.0. The Bertz CT molecular complexity index is 508. The standard InChI is InChI=1S/C15H20N2O3/c1-10-5-11(2)7-13(6-10)16-14(19)15(20)17-4-3-12(8-17)9-18/h5-7,12,18H,3-4,8-9H2,1-2H3,(H,16,19). The molecular weight excluding hydrogens is 256 g/mol. The van der Waals surface area contributed by atoms with Crippen LogP contribution < -0.4 is 5.32 Å². The van der Waals surface area contributed by atoms with Gasteiger partial charge >= 0.3 is 11.8 Å². The Morgan fingerprint density at radius 1 is 1.30 bits per heavy atom. The van der Waals surface area contributed by atoms with Crippen LogP contribution in [0.25, 0.3) is 0 Å². The van der Waals surface area contributed by atoms with Crippen molar-refractivity contribution in [2.75, 3.05) is 25.0 Å². The van der Waals surface area contributed by atoms with E-state index >= 15 is 0 Å². The monoisotopic (exact) mass is 276 g/mol. The minimum atomic E-state index is -0.617. The van der Waals surface area contributed by atoms with Crippen LogP contribution in [-0.4, -0.2) is 41.5 Å². The Labute approximate surface area is 118 Å². The zero-order chi connectivity index (χ0) is 14.7. The summed E-state index contributed by atoms with van der Waals surface area (Å²) in [5.74, 6) is -1.05. The van der Waals surface area contributed by atoms with Gasteiger partial charge in [-0.2, -0.15) is 0 Å². The zero-order valence-electron chi connectivity index (χ0n) is 11.8. The molecular formula is C15H20N2O3. The smallest absolute Gasteiger partial charge is 0.313 e. The summed E-state index contributed by atoms with van der Waals surface area (Å²) in [5.41, 5.74) is 2.71. The van der Waals surface area contributed by atoms with Crippen LogP contribution >= 0.6 is 0 Å². The van der Waals surface area contributed by atoms with Crippen LogP contribution in [0.3, 0.4) is 0 Å². The number of nitrogens with one attached hydrogen (secondary N) is 1. The predicted octanol–water partition coefficient (Wildman–Crippen LogP) is 1.08. The van der Waals surface area contributed by atoms with Crippen molar-refractivity contribution in [3.8, 4) is 0 Å². The number of rotatable bonds is 2. The molecule has 0 saturated carbocycles. The highest BCUT2D eigenvalue weighted by molar-refractivity contribution is 6.39. The van der Waals surface area contributed by atoms with E-state index < -0.39 is 11.8 Å². The number of aliphatic hydroxyl groups is 1. The van der Waals surface area contributed by atoms with E-state index in [9.17, 15) is 9.59 Å². The molecule has 1 unspecified atom stereocenters. The number of amides is 2. The quantitative estimate of drug-likeness (QED) is 0.794. The molecule has 1 aliphatic rings. The number of aryl methyl sites for hydroxylation is 2. The lowest BCUT2D eigenvalue weighted by Gasteiger charge is -2.15. The Morgan fingerprint density at radius 3 is 2.50 bits per heavy atom. The molecule has 1 atom stereocenters. The van der Waals surface area contributed by atoms with Gasteiger partial charge in [0.25, 0.3) is 0 Å². The molecule has 5 nitrogen and oxygen atoms in total. The number of nitrogens with zero attached hydrogens (tertiary/aromatic N) is 1. The Hall–Kier alpha value is -1.88. The van der Waals surface area contributed by atoms with Crippen molar-refractivity contribution in [3.63, 3.8) is 0 Å². The van der Waals surface area contributed by atoms with E-state index in [1.807, 2.05) is 32.0 Å². The molecule has 2 rings (SSSR count). The number of hydrogen-bond acceptors (Lipinski definition) is 3. The number of benzene rings is 1. The molecule has 0 aromatic heterocycles. The molecule has 1 aromatic rings. The van der Waals surface area contributed by atoms with E-state index in [-0.39, 0.29) is 12.5 Å². The summed E-state index contributed by atoms with van der Waals surface area (Å²) >= 11 is 0. The minimum Gasteiger partial charge on any atom is -0.396 e. The van der Waals surface area contributed by atoms with Gasteiger partial charge in [0, 0.05) is 31.3 Å². The van der Waals surface area contributed by atoms with E-state index in [0.29, 0.717) is 18.8 Å². The topological polar surface area (TPSA) is 69.6 Å². The molecule has 2 amide bonds. The van der Waals surface area contributed by atoms with Crippen molar-refractivity contribution >= 4 is 17.5 Å². The number of carbonyl (C=O) groups is 2. The van der Waals surface area contributed by atoms with Crippen LogP contribution in [0.1, 0.15) is 17.5 Å². The van der Waals surface area contributed by atoms with Crippen molar-refractivity contribution in [2.45, 2.75) is 20.3 Å². The van der Waals surface area contributed by atoms with Gasteiger partial charge in [-0.25, -0.2) is 0 Å². The van der Waals surface area contributed by atoms with Crippen LogP contribution in [0.5, 0.6) is 0 Å². The van der Waals surface area contributed by atoms with Gasteiger partial charge in [-0.15, -0.1) is 0 Å². The van der Waals surface area contributed by atoms with Crippen molar-refractivity contribution in [1.29, 1.82) is 0 Å². The molecule has 1 aromatic carbocycles. The fourth-order valence-corrected chi connectivity index (χ4v) is 2.54. The maximum Gasteiger partial charge on any atom is 0.313 e. The van der Waals surface area contributed by atoms with Gasteiger partial charge in [-0.3, -0.25) is 9.59 Å². The van der Waals surface area contributed by atoms with E-state index in [2.05, 4.69) is 5.32 Å². The Kier molecular flexibility index (Phi) is 4.39. The normalized spacial score (nSPS) is 18.1. The molecule has 0 bridgehead atoms. The second kappa shape index (κ2) is 6.05. The Balaban J connectivity index is 1.99. The number of aliphatic hydroxyl groups excluding tert-OH is 1. The van der Waals surface area contributed by atoms with Crippen LogP contribution in [0, 0.1) is 19.8 Å². The summed E-state index contributed by atoms with van der Waals surface area (Å²) < 4.78 is 0. The minimum absolute atomic E-state index is 0.0580. The number of anilines is 1. The predicted molar refractivity (Wildman–Crippen MR) is 76.3 cm³/mol. The molecule has 1 aliphatic heterocycles. The lowest BCUT2D eigenvalue weighted by Crippen LogP contribution is -2.38. The SMILES string of the molecule is Cc1cc(C)cc(NC(=O)C(=O)N2CCC(CO)C2)c1. The zero-order valence-corrected chi connectivity index (χ0v) is 11.8. The van der Waals surface area contributed by atoms with Crippen molar-refractivity contribution in [3.05, 3.63) is 29.3 Å². The summed E-state index contributed by atoms with van der Waals surface area (Å²) in [4.78, 5) is 25.5. The lowest BCUT2D eigenvalue weighted by atomic mass is 10.1. The highest BCUT2D eigenvalue weighted by Crippen LogP contribution is 2.17. The third-order valence-electron chi connectivity index (χ3n) is 3.51. The number of hydrogen-bond donors (Lipinski definition) is 2. The van der Waals surface area contributed by atoms with Crippen molar-refractivity contribution in [1.82, 2.24) is 4.90 Å². The van der Waals surface area contributed by atoms with Crippen molar-refractivity contribution < 1.29 is 14.7 Å². The Morgan fingerprint density at radius 2 is 1.95 bits per heavy atom. The molecule has 1 saturated heterocycles. The molecule has 1 heterocycles. The molecule has 20 heavy (non-hydrogen) atoms. The van der Waals surface area contributed by atoms with E-state index in [0.717, 1.165) is 17.5 Å². The van der Waals surface area contributed by atoms with Crippen LogP contribution in [0.2, 0.25) is 0 Å². The first-order valence-corrected chi connectivity index (χ1v) is 6.79. The van der Waals surface area contributed by atoms with Gasteiger partial charge in [-0.1, -0.05) is 6.07 Å². The van der Waals surface area contributed by atoms with Gasteiger partial charge in [-0.05, 0) is 43.5 Å². The van der Waals surface area contributed by atoms with Gasteiger partial charge in [0.2, 0.25) is 0 Å². The highest BCUT2D eigenvalue weighted by Gasteiger charge is 2.29. The van der Waals surface area contributed by atoms with Gasteiger partial charge in [0.15, 0.2) is 0 Å². The summed E-state index contributed by atoms with van der Waals surface area (Å²) in [5, 5.41) is 11.7. The lowest BCUT2D eigenvalue weighted by molar-refractivity contribution is -0.142. The summed E-state index contributed by atoms with van der Waals surface area (Å²) in [6, 6.07) is 5.67. The average Bonchev–Trinajstić information content (AvgIpc) is 2.85. The van der Waals surface area contributed by atoms with E-state index in [1.165, 1.54) is 4.90 Å². The molecule has 2 N–H and O–H groups in total. The second-order valence-corrected chi connectivity index (χ2v) is 5.42. The van der Waals surface area contributed by atoms with Gasteiger partial charge < -0.3 is 15.3 Å². The summed E-state index contributed by atoms with van der Waals surface area (Å²) in [6.45, 7) is 4.93. The molecule has 0 spiro atoms. The molecule has 0 aliphatic carbocycles. The number of carbonyl (C=O) groups excluding carboxylic acids is 2. The third-order valence-corrected chi connectivity index (χ3v) is 3.51.